The number of piperidine rings is 1. The summed E-state index contributed by atoms with van der Waals surface area (Å²) >= 11 is 0. The van der Waals surface area contributed by atoms with Gasteiger partial charge in [0.05, 0.1) is 5.56 Å². The lowest BCUT2D eigenvalue weighted by Crippen LogP contribution is -2.30. The second kappa shape index (κ2) is 5.20. The second-order valence-corrected chi connectivity index (χ2v) is 5.66. The molecular weight excluding hydrogens is 279 g/mol. The summed E-state index contributed by atoms with van der Waals surface area (Å²) in [6, 6.07) is 5.08. The number of fused-ring (bicyclic) bond motifs is 4. The molecule has 21 heavy (non-hydrogen) atoms. The van der Waals surface area contributed by atoms with E-state index >= 15 is 0 Å². The zero-order valence-corrected chi connectivity index (χ0v) is 11.5. The molecule has 0 atom stereocenters. The van der Waals surface area contributed by atoms with Crippen LogP contribution in [0, 0.1) is 5.92 Å². The monoisotopic (exact) mass is 295 g/mol. The molecule has 0 unspecified atom stereocenters. The number of benzene rings is 1. The van der Waals surface area contributed by atoms with Crippen LogP contribution in [0.15, 0.2) is 30.0 Å². The molecule has 4 rings (SSSR count). The summed E-state index contributed by atoms with van der Waals surface area (Å²) in [5.74, 6) is 0.424. The van der Waals surface area contributed by atoms with E-state index in [4.69, 9.17) is 0 Å². The SMILES string of the molecule is O=C1CC(=Cc2ccc(C(F)(F)F)cc2)N2CCC1CC2. The van der Waals surface area contributed by atoms with Crippen molar-refractivity contribution in [2.75, 3.05) is 13.1 Å². The van der Waals surface area contributed by atoms with Crippen molar-refractivity contribution in [3.05, 3.63) is 41.1 Å². The van der Waals surface area contributed by atoms with E-state index in [1.54, 1.807) is 0 Å². The zero-order valence-electron chi connectivity index (χ0n) is 11.5. The predicted octanol–water partition coefficient (Wildman–Crippen LogP) is 3.73. The minimum absolute atomic E-state index is 0.166. The van der Waals surface area contributed by atoms with E-state index in [1.807, 2.05) is 6.08 Å². The molecule has 112 valence electrons. The minimum atomic E-state index is -4.31. The zero-order chi connectivity index (χ0) is 15.0. The van der Waals surface area contributed by atoms with Crippen LogP contribution in [0.25, 0.3) is 6.08 Å². The van der Waals surface area contributed by atoms with E-state index in [-0.39, 0.29) is 11.7 Å². The molecule has 0 amide bonds. The third-order valence-electron chi connectivity index (χ3n) is 4.28. The summed E-state index contributed by atoms with van der Waals surface area (Å²) in [4.78, 5) is 14.2. The average Bonchev–Trinajstić information content (AvgIpc) is 2.68. The Morgan fingerprint density at radius 1 is 1.10 bits per heavy atom. The molecular formula is C16H16F3NO. The Morgan fingerprint density at radius 2 is 1.71 bits per heavy atom. The van der Waals surface area contributed by atoms with Crippen molar-refractivity contribution in [3.8, 4) is 0 Å². The Balaban J connectivity index is 1.85. The largest absolute Gasteiger partial charge is 0.416 e. The van der Waals surface area contributed by atoms with Crippen molar-refractivity contribution in [3.63, 3.8) is 0 Å². The molecule has 1 aromatic rings. The summed E-state index contributed by atoms with van der Waals surface area (Å²) in [6.45, 7) is 1.73. The van der Waals surface area contributed by atoms with E-state index < -0.39 is 11.7 Å². The molecule has 3 saturated heterocycles. The molecule has 5 heteroatoms. The van der Waals surface area contributed by atoms with Gasteiger partial charge in [0.25, 0.3) is 0 Å². The highest BCUT2D eigenvalue weighted by Gasteiger charge is 2.32. The first-order valence-corrected chi connectivity index (χ1v) is 7.09. The first-order valence-electron chi connectivity index (χ1n) is 7.09. The number of Topliss-reactive ketones (excluding diaryl/α,β-unsaturated/α-hetero) is 1. The molecule has 3 aliphatic rings. The van der Waals surface area contributed by atoms with Crippen molar-refractivity contribution in [1.29, 1.82) is 0 Å². The Kier molecular flexibility index (Phi) is 3.51. The number of alkyl halides is 3. The lowest BCUT2D eigenvalue weighted by molar-refractivity contribution is -0.137. The van der Waals surface area contributed by atoms with Crippen molar-refractivity contribution in [2.24, 2.45) is 5.92 Å². The summed E-state index contributed by atoms with van der Waals surface area (Å²) in [7, 11) is 0. The minimum Gasteiger partial charge on any atom is -0.374 e. The van der Waals surface area contributed by atoms with Crippen LogP contribution >= 0.6 is 0 Å². The van der Waals surface area contributed by atoms with Gasteiger partial charge < -0.3 is 4.90 Å². The van der Waals surface area contributed by atoms with Crippen LogP contribution in [0.2, 0.25) is 0 Å². The quantitative estimate of drug-likeness (QED) is 0.787. The number of carbonyl (C=O) groups is 1. The van der Waals surface area contributed by atoms with Gasteiger partial charge >= 0.3 is 6.18 Å². The molecule has 0 spiro atoms. The molecule has 0 aromatic heterocycles. The molecule has 0 aliphatic carbocycles. The van der Waals surface area contributed by atoms with Crippen LogP contribution in [0.4, 0.5) is 13.2 Å². The van der Waals surface area contributed by atoms with Crippen LogP contribution in [0.3, 0.4) is 0 Å². The fourth-order valence-electron chi connectivity index (χ4n) is 3.03. The molecule has 3 fully saturated rings. The summed E-state index contributed by atoms with van der Waals surface area (Å²) < 4.78 is 37.6. The standard InChI is InChI=1S/C16H16F3NO/c17-16(18,19)13-3-1-11(2-4-13)9-14-10-15(21)12-5-7-20(14)8-6-12/h1-4,9,12H,5-8,10H2. The van der Waals surface area contributed by atoms with Gasteiger partial charge in [0.2, 0.25) is 0 Å². The molecule has 3 aliphatic heterocycles. The van der Waals surface area contributed by atoms with Crippen LogP contribution in [0.1, 0.15) is 30.4 Å². The first-order chi connectivity index (χ1) is 9.93. The van der Waals surface area contributed by atoms with Gasteiger partial charge in [-0.15, -0.1) is 0 Å². The predicted molar refractivity (Wildman–Crippen MR) is 73.3 cm³/mol. The highest BCUT2D eigenvalue weighted by molar-refractivity contribution is 5.85. The van der Waals surface area contributed by atoms with Crippen molar-refractivity contribution >= 4 is 11.9 Å². The summed E-state index contributed by atoms with van der Waals surface area (Å²) in [5.41, 5.74) is 0.985. The van der Waals surface area contributed by atoms with E-state index in [1.165, 1.54) is 12.1 Å². The Hall–Kier alpha value is -1.78. The summed E-state index contributed by atoms with van der Waals surface area (Å²) in [6.07, 6.45) is -0.296. The summed E-state index contributed by atoms with van der Waals surface area (Å²) in [5, 5.41) is 0. The number of ketones is 1. The Bertz CT molecular complexity index is 566. The molecule has 0 radical (unpaired) electrons. The highest BCUT2D eigenvalue weighted by atomic mass is 19.4. The van der Waals surface area contributed by atoms with Gasteiger partial charge in [0.1, 0.15) is 5.78 Å². The maximum absolute atomic E-state index is 12.5. The smallest absolute Gasteiger partial charge is 0.374 e. The maximum Gasteiger partial charge on any atom is 0.416 e. The molecule has 1 aromatic carbocycles. The number of allylic oxidation sites excluding steroid dienone is 1. The number of halogens is 3. The number of carbonyl (C=O) groups excluding carboxylic acids is 1. The fourth-order valence-corrected chi connectivity index (χ4v) is 3.03. The van der Waals surface area contributed by atoms with Gasteiger partial charge in [0, 0.05) is 31.1 Å². The van der Waals surface area contributed by atoms with Gasteiger partial charge in [-0.05, 0) is 36.6 Å². The molecule has 2 nitrogen and oxygen atoms in total. The second-order valence-electron chi connectivity index (χ2n) is 5.66. The third kappa shape index (κ3) is 2.96. The molecule has 0 N–H and O–H groups in total. The van der Waals surface area contributed by atoms with Gasteiger partial charge in [-0.1, -0.05) is 12.1 Å². The highest BCUT2D eigenvalue weighted by Crippen LogP contribution is 2.32. The number of hydrogen-bond acceptors (Lipinski definition) is 2. The van der Waals surface area contributed by atoms with E-state index in [2.05, 4.69) is 4.90 Å². The van der Waals surface area contributed by atoms with Crippen molar-refractivity contribution < 1.29 is 18.0 Å². The van der Waals surface area contributed by atoms with Crippen molar-refractivity contribution in [1.82, 2.24) is 4.90 Å². The van der Waals surface area contributed by atoms with Crippen LogP contribution < -0.4 is 0 Å². The Morgan fingerprint density at radius 3 is 2.29 bits per heavy atom. The number of rotatable bonds is 1. The first kappa shape index (κ1) is 14.2. The van der Waals surface area contributed by atoms with E-state index in [0.29, 0.717) is 12.0 Å². The van der Waals surface area contributed by atoms with E-state index in [0.717, 1.165) is 43.8 Å². The van der Waals surface area contributed by atoms with Gasteiger partial charge in [-0.3, -0.25) is 4.79 Å². The van der Waals surface area contributed by atoms with E-state index in [9.17, 15) is 18.0 Å². The van der Waals surface area contributed by atoms with Gasteiger partial charge in [0.15, 0.2) is 0 Å². The normalized spacial score (nSPS) is 22.0. The number of hydrogen-bond donors (Lipinski definition) is 0. The topological polar surface area (TPSA) is 20.3 Å². The van der Waals surface area contributed by atoms with Crippen molar-refractivity contribution in [2.45, 2.75) is 25.4 Å². The lowest BCUT2D eigenvalue weighted by Gasteiger charge is -2.29. The molecule has 3 heterocycles. The molecule has 0 saturated carbocycles. The van der Waals surface area contributed by atoms with Crippen LogP contribution in [-0.4, -0.2) is 23.8 Å². The fraction of sp³-hybridized carbons (Fsp3) is 0.438. The average molecular weight is 295 g/mol. The lowest BCUT2D eigenvalue weighted by atomic mass is 9.94. The third-order valence-corrected chi connectivity index (χ3v) is 4.28. The maximum atomic E-state index is 12.5. The van der Waals surface area contributed by atoms with Gasteiger partial charge in [-0.2, -0.15) is 13.2 Å². The van der Waals surface area contributed by atoms with Crippen LogP contribution in [-0.2, 0) is 11.0 Å². The Labute approximate surface area is 121 Å². The van der Waals surface area contributed by atoms with Gasteiger partial charge in [-0.25, -0.2) is 0 Å². The number of nitrogens with zero attached hydrogens (tertiary/aromatic N) is 1. The van der Waals surface area contributed by atoms with Crippen LogP contribution in [0.5, 0.6) is 0 Å². The molecule has 2 bridgehead atoms.